The standard InChI is InChI=1S/C20H24N2O4S/c1-4-26-18-9-7-17(8-10-18)21(3)27(24,25)19-11-12-20-16(14-19)6-5-13-22(20)15(2)23/h7-12,14H,4-6,13H2,1-3H3. The van der Waals surface area contributed by atoms with E-state index in [1.807, 2.05) is 6.92 Å². The Bertz CT molecular complexity index is 939. The number of carbonyl (C=O) groups is 1. The molecule has 6 nitrogen and oxygen atoms in total. The molecule has 0 saturated carbocycles. The zero-order chi connectivity index (χ0) is 19.6. The van der Waals surface area contributed by atoms with E-state index in [2.05, 4.69) is 0 Å². The number of carbonyl (C=O) groups excluding carboxylic acids is 1. The second-order valence-corrected chi connectivity index (χ2v) is 8.43. The predicted octanol–water partition coefficient (Wildman–Crippen LogP) is 3.21. The average Bonchev–Trinajstić information content (AvgIpc) is 2.67. The molecule has 0 atom stereocenters. The fraction of sp³-hybridized carbons (Fsp3) is 0.350. The lowest BCUT2D eigenvalue weighted by Crippen LogP contribution is -2.34. The molecule has 0 N–H and O–H groups in total. The topological polar surface area (TPSA) is 66.9 Å². The smallest absolute Gasteiger partial charge is 0.264 e. The monoisotopic (exact) mass is 388 g/mol. The van der Waals surface area contributed by atoms with Crippen molar-refractivity contribution < 1.29 is 17.9 Å². The van der Waals surface area contributed by atoms with Crippen molar-refractivity contribution in [3.05, 3.63) is 48.0 Å². The van der Waals surface area contributed by atoms with Gasteiger partial charge in [-0.2, -0.15) is 0 Å². The lowest BCUT2D eigenvalue weighted by molar-refractivity contribution is -0.116. The molecule has 27 heavy (non-hydrogen) atoms. The summed E-state index contributed by atoms with van der Waals surface area (Å²) in [5.41, 5.74) is 2.25. The van der Waals surface area contributed by atoms with Crippen LogP contribution in [0.3, 0.4) is 0 Å². The molecule has 3 rings (SSSR count). The number of ether oxygens (including phenoxy) is 1. The maximum atomic E-state index is 13.1. The molecule has 0 radical (unpaired) electrons. The molecule has 0 fully saturated rings. The highest BCUT2D eigenvalue weighted by Crippen LogP contribution is 2.31. The number of sulfonamides is 1. The Hall–Kier alpha value is -2.54. The second kappa shape index (κ2) is 7.60. The van der Waals surface area contributed by atoms with Crippen LogP contribution in [-0.4, -0.2) is 34.5 Å². The van der Waals surface area contributed by atoms with Crippen molar-refractivity contribution in [3.63, 3.8) is 0 Å². The van der Waals surface area contributed by atoms with Crippen molar-refractivity contribution in [2.24, 2.45) is 0 Å². The quantitative estimate of drug-likeness (QED) is 0.789. The highest BCUT2D eigenvalue weighted by molar-refractivity contribution is 7.92. The molecule has 2 aromatic carbocycles. The molecular formula is C20H24N2O4S. The van der Waals surface area contributed by atoms with Gasteiger partial charge in [0.05, 0.1) is 17.2 Å². The van der Waals surface area contributed by atoms with Gasteiger partial charge < -0.3 is 9.64 Å². The number of benzene rings is 2. The predicted molar refractivity (Wildman–Crippen MR) is 106 cm³/mol. The summed E-state index contributed by atoms with van der Waals surface area (Å²) < 4.78 is 32.8. The van der Waals surface area contributed by atoms with Crippen LogP contribution in [0.25, 0.3) is 0 Å². The normalized spacial score (nSPS) is 13.8. The Morgan fingerprint density at radius 2 is 1.89 bits per heavy atom. The zero-order valence-corrected chi connectivity index (χ0v) is 16.6. The third kappa shape index (κ3) is 3.78. The van der Waals surface area contributed by atoms with E-state index >= 15 is 0 Å². The number of hydrogen-bond acceptors (Lipinski definition) is 4. The number of fused-ring (bicyclic) bond motifs is 1. The van der Waals surface area contributed by atoms with Crippen molar-refractivity contribution in [2.75, 3.05) is 29.4 Å². The minimum Gasteiger partial charge on any atom is -0.494 e. The minimum atomic E-state index is -3.70. The first-order chi connectivity index (χ1) is 12.8. The van der Waals surface area contributed by atoms with Gasteiger partial charge in [-0.1, -0.05) is 0 Å². The molecule has 1 amide bonds. The van der Waals surface area contributed by atoms with Crippen LogP contribution in [0.5, 0.6) is 5.75 Å². The van der Waals surface area contributed by atoms with Crippen LogP contribution < -0.4 is 13.9 Å². The molecule has 7 heteroatoms. The van der Waals surface area contributed by atoms with Gasteiger partial charge in [0.25, 0.3) is 10.0 Å². The van der Waals surface area contributed by atoms with Crippen LogP contribution in [0, 0.1) is 0 Å². The van der Waals surface area contributed by atoms with E-state index in [-0.39, 0.29) is 10.8 Å². The van der Waals surface area contributed by atoms with Crippen LogP contribution in [0.4, 0.5) is 11.4 Å². The number of aryl methyl sites for hydroxylation is 1. The fourth-order valence-electron chi connectivity index (χ4n) is 3.28. The minimum absolute atomic E-state index is 0.0296. The van der Waals surface area contributed by atoms with E-state index in [1.54, 1.807) is 47.4 Å². The molecule has 1 heterocycles. The number of anilines is 2. The van der Waals surface area contributed by atoms with Gasteiger partial charge in [0.1, 0.15) is 5.75 Å². The van der Waals surface area contributed by atoms with Gasteiger partial charge >= 0.3 is 0 Å². The van der Waals surface area contributed by atoms with Gasteiger partial charge in [0.2, 0.25) is 5.91 Å². The van der Waals surface area contributed by atoms with E-state index in [4.69, 9.17) is 4.74 Å². The van der Waals surface area contributed by atoms with Gasteiger partial charge in [-0.3, -0.25) is 9.10 Å². The Morgan fingerprint density at radius 1 is 1.19 bits per heavy atom. The van der Waals surface area contributed by atoms with Gasteiger partial charge in [-0.25, -0.2) is 8.42 Å². The van der Waals surface area contributed by atoms with Gasteiger partial charge in [0.15, 0.2) is 0 Å². The summed E-state index contributed by atoms with van der Waals surface area (Å²) in [7, 11) is -2.17. The third-order valence-electron chi connectivity index (χ3n) is 4.72. The van der Waals surface area contributed by atoms with Crippen LogP contribution >= 0.6 is 0 Å². The Morgan fingerprint density at radius 3 is 2.52 bits per heavy atom. The maximum absolute atomic E-state index is 13.1. The highest BCUT2D eigenvalue weighted by atomic mass is 32.2. The molecule has 0 saturated heterocycles. The summed E-state index contributed by atoms with van der Waals surface area (Å²) in [6.07, 6.45) is 1.58. The average molecular weight is 388 g/mol. The van der Waals surface area contributed by atoms with E-state index in [1.165, 1.54) is 18.3 Å². The number of amides is 1. The summed E-state index contributed by atoms with van der Waals surface area (Å²) in [4.78, 5) is 13.7. The molecule has 1 aliphatic rings. The van der Waals surface area contributed by atoms with Crippen molar-refractivity contribution in [2.45, 2.75) is 31.6 Å². The SMILES string of the molecule is CCOc1ccc(N(C)S(=O)(=O)c2ccc3c(c2)CCCN3C(C)=O)cc1. The fourth-order valence-corrected chi connectivity index (χ4v) is 4.52. The van der Waals surface area contributed by atoms with Crippen LogP contribution in [0.15, 0.2) is 47.4 Å². The lowest BCUT2D eigenvalue weighted by atomic mass is 10.0. The molecule has 0 bridgehead atoms. The van der Waals surface area contributed by atoms with Crippen molar-refractivity contribution >= 4 is 27.3 Å². The van der Waals surface area contributed by atoms with E-state index < -0.39 is 10.0 Å². The van der Waals surface area contributed by atoms with Gasteiger partial charge in [0, 0.05) is 26.2 Å². The second-order valence-electron chi connectivity index (χ2n) is 6.46. The Kier molecular flexibility index (Phi) is 5.41. The Labute approximate surface area is 160 Å². The summed E-state index contributed by atoms with van der Waals surface area (Å²) in [6, 6.07) is 11.9. The lowest BCUT2D eigenvalue weighted by Gasteiger charge is -2.29. The first-order valence-electron chi connectivity index (χ1n) is 8.97. The summed E-state index contributed by atoms with van der Waals surface area (Å²) in [6.45, 7) is 4.65. The molecule has 2 aromatic rings. The van der Waals surface area contributed by atoms with E-state index in [0.29, 0.717) is 24.6 Å². The molecule has 0 unspecified atom stereocenters. The molecule has 1 aliphatic heterocycles. The first kappa shape index (κ1) is 19.2. The maximum Gasteiger partial charge on any atom is 0.264 e. The number of hydrogen-bond donors (Lipinski definition) is 0. The van der Waals surface area contributed by atoms with E-state index in [0.717, 1.165) is 24.1 Å². The third-order valence-corrected chi connectivity index (χ3v) is 6.50. The van der Waals surface area contributed by atoms with Crippen LogP contribution in [0.1, 0.15) is 25.8 Å². The summed E-state index contributed by atoms with van der Waals surface area (Å²) in [5.74, 6) is 0.670. The van der Waals surface area contributed by atoms with E-state index in [9.17, 15) is 13.2 Å². The molecule has 144 valence electrons. The first-order valence-corrected chi connectivity index (χ1v) is 10.4. The largest absolute Gasteiger partial charge is 0.494 e. The number of rotatable bonds is 5. The molecule has 0 aliphatic carbocycles. The van der Waals surface area contributed by atoms with Crippen LogP contribution in [-0.2, 0) is 21.2 Å². The van der Waals surface area contributed by atoms with Gasteiger partial charge in [-0.15, -0.1) is 0 Å². The van der Waals surface area contributed by atoms with Crippen molar-refractivity contribution in [1.82, 2.24) is 0 Å². The van der Waals surface area contributed by atoms with Crippen molar-refractivity contribution in [3.8, 4) is 5.75 Å². The van der Waals surface area contributed by atoms with Crippen LogP contribution in [0.2, 0.25) is 0 Å². The molecular weight excluding hydrogens is 364 g/mol. The molecule has 0 spiro atoms. The zero-order valence-electron chi connectivity index (χ0n) is 15.8. The molecule has 0 aromatic heterocycles. The van der Waals surface area contributed by atoms with Crippen molar-refractivity contribution in [1.29, 1.82) is 0 Å². The highest BCUT2D eigenvalue weighted by Gasteiger charge is 2.25. The Balaban J connectivity index is 1.91. The summed E-state index contributed by atoms with van der Waals surface area (Å²) >= 11 is 0. The number of nitrogens with zero attached hydrogens (tertiary/aromatic N) is 2. The van der Waals surface area contributed by atoms with Gasteiger partial charge in [-0.05, 0) is 67.8 Å². The summed E-state index contributed by atoms with van der Waals surface area (Å²) in [5, 5.41) is 0.